The second-order valence-electron chi connectivity index (χ2n) is 7.34. The Morgan fingerprint density at radius 3 is 2.12 bits per heavy atom. The third-order valence-electron chi connectivity index (χ3n) is 5.20. The van der Waals surface area contributed by atoms with Crippen molar-refractivity contribution in [2.24, 2.45) is 11.8 Å². The lowest BCUT2D eigenvalue weighted by Crippen LogP contribution is -2.32. The number of carboxylic acids is 1. The fourth-order valence-corrected chi connectivity index (χ4v) is 3.86. The zero-order valence-electron chi connectivity index (χ0n) is 15.0. The second-order valence-corrected chi connectivity index (χ2v) is 7.34. The minimum atomic E-state index is -0.699. The van der Waals surface area contributed by atoms with Crippen molar-refractivity contribution in [2.45, 2.75) is 59.3 Å². The van der Waals surface area contributed by atoms with E-state index < -0.39 is 5.97 Å². The van der Waals surface area contributed by atoms with Gasteiger partial charge in [0, 0.05) is 13.0 Å². The summed E-state index contributed by atoms with van der Waals surface area (Å²) in [6.07, 6.45) is 4.67. The van der Waals surface area contributed by atoms with Gasteiger partial charge in [-0.05, 0) is 75.0 Å². The fourth-order valence-electron chi connectivity index (χ4n) is 3.86. The van der Waals surface area contributed by atoms with E-state index in [1.54, 1.807) is 0 Å². The van der Waals surface area contributed by atoms with E-state index in [4.69, 9.17) is 5.11 Å². The summed E-state index contributed by atoms with van der Waals surface area (Å²) in [6.45, 7) is 6.91. The first-order valence-electron chi connectivity index (χ1n) is 8.90. The van der Waals surface area contributed by atoms with Gasteiger partial charge in [-0.1, -0.05) is 17.7 Å². The van der Waals surface area contributed by atoms with Gasteiger partial charge in [0.05, 0.1) is 6.42 Å². The molecule has 1 aromatic carbocycles. The molecule has 0 atom stereocenters. The van der Waals surface area contributed by atoms with Crippen molar-refractivity contribution in [2.75, 3.05) is 6.54 Å². The van der Waals surface area contributed by atoms with Crippen LogP contribution >= 0.6 is 0 Å². The van der Waals surface area contributed by atoms with Crippen LogP contribution < -0.4 is 5.32 Å². The molecule has 0 radical (unpaired) electrons. The maximum absolute atomic E-state index is 12.3. The highest BCUT2D eigenvalue weighted by Gasteiger charge is 2.23. The lowest BCUT2D eigenvalue weighted by atomic mass is 9.80. The van der Waals surface area contributed by atoms with Crippen LogP contribution in [-0.2, 0) is 16.0 Å². The molecule has 4 nitrogen and oxygen atoms in total. The Balaban J connectivity index is 1.77. The molecular formula is C20H29NO3. The van der Waals surface area contributed by atoms with Crippen molar-refractivity contribution >= 4 is 11.9 Å². The van der Waals surface area contributed by atoms with E-state index in [-0.39, 0.29) is 12.3 Å². The molecule has 0 aromatic heterocycles. The molecule has 24 heavy (non-hydrogen) atoms. The largest absolute Gasteiger partial charge is 0.481 e. The van der Waals surface area contributed by atoms with Gasteiger partial charge in [-0.25, -0.2) is 0 Å². The number of aryl methyl sites for hydroxylation is 3. The highest BCUT2D eigenvalue weighted by Crippen LogP contribution is 2.30. The quantitative estimate of drug-likeness (QED) is 0.838. The maximum Gasteiger partial charge on any atom is 0.303 e. The van der Waals surface area contributed by atoms with Gasteiger partial charge in [-0.2, -0.15) is 0 Å². The molecule has 0 unspecified atom stereocenters. The van der Waals surface area contributed by atoms with E-state index in [0.29, 0.717) is 24.8 Å². The number of rotatable bonds is 6. The summed E-state index contributed by atoms with van der Waals surface area (Å²) in [5.41, 5.74) is 4.71. The van der Waals surface area contributed by atoms with Crippen molar-refractivity contribution in [3.63, 3.8) is 0 Å². The molecular weight excluding hydrogens is 302 g/mol. The number of benzene rings is 1. The number of hydrogen-bond donors (Lipinski definition) is 2. The van der Waals surface area contributed by atoms with E-state index in [1.165, 1.54) is 16.7 Å². The minimum absolute atomic E-state index is 0.0812. The van der Waals surface area contributed by atoms with E-state index >= 15 is 0 Å². The van der Waals surface area contributed by atoms with Crippen LogP contribution in [0.5, 0.6) is 0 Å². The molecule has 0 bridgehead atoms. The van der Waals surface area contributed by atoms with Crippen LogP contribution in [0.1, 0.15) is 54.4 Å². The van der Waals surface area contributed by atoms with Gasteiger partial charge in [0.15, 0.2) is 0 Å². The molecule has 2 N–H and O–H groups in total. The summed E-state index contributed by atoms with van der Waals surface area (Å²) in [4.78, 5) is 23.0. The lowest BCUT2D eigenvalue weighted by molar-refractivity contribution is -0.138. The van der Waals surface area contributed by atoms with Gasteiger partial charge in [0.25, 0.3) is 0 Å². The lowest BCUT2D eigenvalue weighted by Gasteiger charge is -2.27. The number of carboxylic acid groups (broad SMARTS) is 1. The van der Waals surface area contributed by atoms with Gasteiger partial charge in [0.2, 0.25) is 5.91 Å². The van der Waals surface area contributed by atoms with Crippen LogP contribution in [0.25, 0.3) is 0 Å². The van der Waals surface area contributed by atoms with Gasteiger partial charge in [-0.3, -0.25) is 9.59 Å². The Morgan fingerprint density at radius 1 is 1.04 bits per heavy atom. The van der Waals surface area contributed by atoms with Crippen LogP contribution in [0.3, 0.4) is 0 Å². The monoisotopic (exact) mass is 331 g/mol. The van der Waals surface area contributed by atoms with Crippen molar-refractivity contribution in [3.05, 3.63) is 34.4 Å². The zero-order valence-corrected chi connectivity index (χ0v) is 15.0. The molecule has 0 spiro atoms. The SMILES string of the molecule is Cc1cc(C)c(CC(=O)NCC2CCC(CC(=O)O)CC2)c(C)c1. The van der Waals surface area contributed by atoms with Crippen LogP contribution in [0, 0.1) is 32.6 Å². The number of nitrogens with one attached hydrogen (secondary N) is 1. The standard InChI is InChI=1S/C20H29NO3/c1-13-8-14(2)18(15(3)9-13)11-19(22)21-12-17-6-4-16(5-7-17)10-20(23)24/h8-9,16-17H,4-7,10-12H2,1-3H3,(H,21,22)(H,23,24). The number of carbonyl (C=O) groups excluding carboxylic acids is 1. The Labute approximate surface area is 144 Å². The maximum atomic E-state index is 12.3. The molecule has 1 saturated carbocycles. The molecule has 0 saturated heterocycles. The normalized spacial score (nSPS) is 20.6. The molecule has 1 aliphatic carbocycles. The summed E-state index contributed by atoms with van der Waals surface area (Å²) in [6, 6.07) is 4.25. The number of aliphatic carboxylic acids is 1. The first-order valence-corrected chi connectivity index (χ1v) is 8.90. The summed E-state index contributed by atoms with van der Waals surface area (Å²) >= 11 is 0. The first kappa shape index (κ1) is 18.5. The van der Waals surface area contributed by atoms with Gasteiger partial charge >= 0.3 is 5.97 Å². The zero-order chi connectivity index (χ0) is 17.7. The summed E-state index contributed by atoms with van der Waals surface area (Å²) < 4.78 is 0. The average Bonchev–Trinajstić information content (AvgIpc) is 2.49. The van der Waals surface area contributed by atoms with E-state index in [9.17, 15) is 9.59 Å². The summed E-state index contributed by atoms with van der Waals surface area (Å²) in [5, 5.41) is 11.9. The van der Waals surface area contributed by atoms with Crippen molar-refractivity contribution in [3.8, 4) is 0 Å². The molecule has 1 aromatic rings. The molecule has 1 fully saturated rings. The van der Waals surface area contributed by atoms with Crippen LogP contribution in [-0.4, -0.2) is 23.5 Å². The smallest absolute Gasteiger partial charge is 0.303 e. The Hall–Kier alpha value is -1.84. The number of hydrogen-bond acceptors (Lipinski definition) is 2. The van der Waals surface area contributed by atoms with E-state index in [1.807, 2.05) is 0 Å². The van der Waals surface area contributed by atoms with Gasteiger partial charge in [0.1, 0.15) is 0 Å². The average molecular weight is 331 g/mol. The third-order valence-corrected chi connectivity index (χ3v) is 5.20. The summed E-state index contributed by atoms with van der Waals surface area (Å²) in [7, 11) is 0. The molecule has 2 rings (SSSR count). The Kier molecular flexibility index (Phi) is 6.41. The van der Waals surface area contributed by atoms with E-state index in [0.717, 1.165) is 31.2 Å². The fraction of sp³-hybridized carbons (Fsp3) is 0.600. The number of carbonyl (C=O) groups is 2. The molecule has 0 heterocycles. The van der Waals surface area contributed by atoms with Crippen molar-refractivity contribution < 1.29 is 14.7 Å². The highest BCUT2D eigenvalue weighted by atomic mass is 16.4. The number of amides is 1. The first-order chi connectivity index (χ1) is 11.3. The van der Waals surface area contributed by atoms with E-state index in [2.05, 4.69) is 38.2 Å². The highest BCUT2D eigenvalue weighted by molar-refractivity contribution is 5.79. The van der Waals surface area contributed by atoms with Crippen LogP contribution in [0.2, 0.25) is 0 Å². The van der Waals surface area contributed by atoms with Crippen LogP contribution in [0.4, 0.5) is 0 Å². The predicted octanol–water partition coefficient (Wildman–Crippen LogP) is 3.55. The second kappa shape index (κ2) is 8.32. The Bertz CT molecular complexity index is 578. The molecule has 0 aliphatic heterocycles. The van der Waals surface area contributed by atoms with Crippen LogP contribution in [0.15, 0.2) is 12.1 Å². The van der Waals surface area contributed by atoms with Crippen molar-refractivity contribution in [1.82, 2.24) is 5.32 Å². The molecule has 132 valence electrons. The third kappa shape index (κ3) is 5.36. The predicted molar refractivity (Wildman–Crippen MR) is 95.1 cm³/mol. The van der Waals surface area contributed by atoms with Crippen molar-refractivity contribution in [1.29, 1.82) is 0 Å². The van der Waals surface area contributed by atoms with Gasteiger partial charge < -0.3 is 10.4 Å². The molecule has 4 heteroatoms. The topological polar surface area (TPSA) is 66.4 Å². The molecule has 1 amide bonds. The Morgan fingerprint density at radius 2 is 1.58 bits per heavy atom. The minimum Gasteiger partial charge on any atom is -0.481 e. The van der Waals surface area contributed by atoms with Gasteiger partial charge in [-0.15, -0.1) is 0 Å². The molecule has 1 aliphatic rings. The summed E-state index contributed by atoms with van der Waals surface area (Å²) in [5.74, 6) is 0.180.